The molecule has 0 saturated carbocycles. The number of nitrogens with zero attached hydrogens (tertiary/aromatic N) is 2. The number of rotatable bonds is 7. The largest absolute Gasteiger partial charge is 0.497 e. The van der Waals surface area contributed by atoms with Crippen LogP contribution in [0.25, 0.3) is 22.0 Å². The summed E-state index contributed by atoms with van der Waals surface area (Å²) in [6.07, 6.45) is 2.18. The number of fused-ring (bicyclic) bond motifs is 1. The van der Waals surface area contributed by atoms with Gasteiger partial charge < -0.3 is 19.9 Å². The number of hydrogen-bond acceptors (Lipinski definition) is 6. The summed E-state index contributed by atoms with van der Waals surface area (Å²) in [5, 5.41) is 0.543. The molecule has 0 aliphatic heterocycles. The second-order valence-corrected chi connectivity index (χ2v) is 7.36. The third kappa shape index (κ3) is 4.09. The van der Waals surface area contributed by atoms with E-state index in [1.807, 2.05) is 48.5 Å². The molecule has 7 nitrogen and oxygen atoms in total. The van der Waals surface area contributed by atoms with E-state index in [2.05, 4.69) is 4.98 Å². The van der Waals surface area contributed by atoms with E-state index in [1.54, 1.807) is 38.3 Å². The summed E-state index contributed by atoms with van der Waals surface area (Å²) in [7, 11) is 4.85. The lowest BCUT2D eigenvalue weighted by Crippen LogP contribution is -2.21. The molecule has 3 aromatic carbocycles. The van der Waals surface area contributed by atoms with Crippen LogP contribution in [0.15, 0.2) is 65.7 Å². The molecule has 0 radical (unpaired) electrons. The van der Waals surface area contributed by atoms with Crippen LogP contribution < -0.4 is 25.5 Å². The third-order valence-electron chi connectivity index (χ3n) is 5.47. The molecule has 4 rings (SSSR count). The van der Waals surface area contributed by atoms with E-state index in [4.69, 9.17) is 19.9 Å². The normalized spacial score (nSPS) is 10.8. The van der Waals surface area contributed by atoms with Crippen molar-refractivity contribution in [3.05, 3.63) is 76.8 Å². The Morgan fingerprint density at radius 1 is 0.906 bits per heavy atom. The molecule has 0 saturated heterocycles. The number of aryl methyl sites for hydroxylation is 2. The fourth-order valence-electron chi connectivity index (χ4n) is 3.75. The molecule has 0 unspecified atom stereocenters. The van der Waals surface area contributed by atoms with Crippen molar-refractivity contribution in [3.8, 4) is 28.4 Å². The summed E-state index contributed by atoms with van der Waals surface area (Å²) in [5.74, 6) is 2.15. The Kier molecular flexibility index (Phi) is 5.98. The summed E-state index contributed by atoms with van der Waals surface area (Å²) >= 11 is 0. The highest BCUT2D eigenvalue weighted by molar-refractivity contribution is 5.85. The van der Waals surface area contributed by atoms with Gasteiger partial charge in [0.15, 0.2) is 0 Å². The van der Waals surface area contributed by atoms with Crippen LogP contribution in [0.2, 0.25) is 0 Å². The molecular formula is C25H25N3O4. The molecule has 1 aromatic heterocycles. The molecule has 7 heteroatoms. The Labute approximate surface area is 186 Å². The second-order valence-electron chi connectivity index (χ2n) is 7.36. The van der Waals surface area contributed by atoms with Crippen molar-refractivity contribution in [2.45, 2.75) is 13.0 Å². The van der Waals surface area contributed by atoms with Gasteiger partial charge in [-0.3, -0.25) is 9.36 Å². The van der Waals surface area contributed by atoms with Gasteiger partial charge in [0.05, 0.1) is 38.6 Å². The Morgan fingerprint density at radius 2 is 1.72 bits per heavy atom. The number of benzene rings is 3. The molecule has 32 heavy (non-hydrogen) atoms. The van der Waals surface area contributed by atoms with Crippen LogP contribution in [-0.4, -0.2) is 30.9 Å². The Bertz CT molecular complexity index is 1330. The smallest absolute Gasteiger partial charge is 0.261 e. The van der Waals surface area contributed by atoms with E-state index in [0.29, 0.717) is 35.3 Å². The van der Waals surface area contributed by atoms with Gasteiger partial charge in [0.1, 0.15) is 17.2 Å². The van der Waals surface area contributed by atoms with Gasteiger partial charge in [-0.2, -0.15) is 0 Å². The van der Waals surface area contributed by atoms with Crippen molar-refractivity contribution in [2.75, 3.05) is 27.1 Å². The maximum absolute atomic E-state index is 13.2. The van der Waals surface area contributed by atoms with Crippen LogP contribution in [0.1, 0.15) is 5.56 Å². The fourth-order valence-corrected chi connectivity index (χ4v) is 3.75. The van der Waals surface area contributed by atoms with Crippen LogP contribution in [0.3, 0.4) is 0 Å². The molecular weight excluding hydrogens is 406 g/mol. The summed E-state index contributed by atoms with van der Waals surface area (Å²) in [6.45, 7) is 0.459. The molecule has 0 atom stereocenters. The van der Waals surface area contributed by atoms with Crippen molar-refractivity contribution in [1.29, 1.82) is 0 Å². The summed E-state index contributed by atoms with van der Waals surface area (Å²) in [6, 6.07) is 16.7. The number of nitrogen functional groups attached to an aromatic ring is 1. The van der Waals surface area contributed by atoms with Gasteiger partial charge in [-0.05, 0) is 60.0 Å². The third-order valence-corrected chi connectivity index (χ3v) is 5.47. The topological polar surface area (TPSA) is 88.6 Å². The highest BCUT2D eigenvalue weighted by atomic mass is 16.5. The quantitative estimate of drug-likeness (QED) is 0.446. The van der Waals surface area contributed by atoms with Gasteiger partial charge in [0.2, 0.25) is 0 Å². The summed E-state index contributed by atoms with van der Waals surface area (Å²) in [5.41, 5.74) is 9.71. The van der Waals surface area contributed by atoms with E-state index < -0.39 is 0 Å². The van der Waals surface area contributed by atoms with Crippen LogP contribution in [-0.2, 0) is 13.0 Å². The number of nitrogens with two attached hydrogens (primary N) is 1. The van der Waals surface area contributed by atoms with E-state index in [-0.39, 0.29) is 5.56 Å². The number of ether oxygens (including phenoxy) is 3. The van der Waals surface area contributed by atoms with Gasteiger partial charge in [0.25, 0.3) is 5.56 Å². The monoisotopic (exact) mass is 431 g/mol. The predicted molar refractivity (Wildman–Crippen MR) is 126 cm³/mol. The van der Waals surface area contributed by atoms with Gasteiger partial charge in [-0.15, -0.1) is 0 Å². The van der Waals surface area contributed by atoms with Gasteiger partial charge >= 0.3 is 0 Å². The minimum absolute atomic E-state index is 0.104. The number of methoxy groups -OCH3 is 3. The zero-order chi connectivity index (χ0) is 22.7. The Hall–Kier alpha value is -4.00. The number of hydrogen-bond donors (Lipinski definition) is 1. The summed E-state index contributed by atoms with van der Waals surface area (Å²) < 4.78 is 17.9. The van der Waals surface area contributed by atoms with Crippen LogP contribution in [0.4, 0.5) is 5.69 Å². The summed E-state index contributed by atoms with van der Waals surface area (Å²) in [4.78, 5) is 17.7. The van der Waals surface area contributed by atoms with Crippen molar-refractivity contribution in [3.63, 3.8) is 0 Å². The van der Waals surface area contributed by atoms with Crippen molar-refractivity contribution < 1.29 is 14.2 Å². The lowest BCUT2D eigenvalue weighted by atomic mass is 10.0. The maximum atomic E-state index is 13.2. The van der Waals surface area contributed by atoms with E-state index >= 15 is 0 Å². The molecule has 0 spiro atoms. The maximum Gasteiger partial charge on any atom is 0.261 e. The lowest BCUT2D eigenvalue weighted by molar-refractivity contribution is 0.397. The molecule has 4 aromatic rings. The van der Waals surface area contributed by atoms with Crippen LogP contribution >= 0.6 is 0 Å². The first kappa shape index (κ1) is 21.2. The standard InChI is InChI=1S/C25H25N3O4/c1-30-19-6-9-23(31-2)17(12-19)10-11-28-15-27-22-8-4-16(13-21(22)25(28)29)20-7-5-18(26)14-24(20)32-3/h4-9,12-15H,10-11,26H2,1-3H3. The highest BCUT2D eigenvalue weighted by Crippen LogP contribution is 2.32. The average molecular weight is 431 g/mol. The van der Waals surface area contributed by atoms with E-state index in [1.165, 1.54) is 0 Å². The lowest BCUT2D eigenvalue weighted by Gasteiger charge is -2.12. The Morgan fingerprint density at radius 3 is 2.47 bits per heavy atom. The number of aromatic nitrogens is 2. The van der Waals surface area contributed by atoms with Crippen LogP contribution in [0.5, 0.6) is 17.2 Å². The molecule has 2 N–H and O–H groups in total. The molecule has 0 aliphatic rings. The number of anilines is 1. The minimum atomic E-state index is -0.104. The molecule has 164 valence electrons. The highest BCUT2D eigenvalue weighted by Gasteiger charge is 2.11. The van der Waals surface area contributed by atoms with E-state index in [9.17, 15) is 4.79 Å². The van der Waals surface area contributed by atoms with Gasteiger partial charge in [-0.25, -0.2) is 4.98 Å². The molecule has 0 bridgehead atoms. The first-order valence-corrected chi connectivity index (χ1v) is 10.2. The minimum Gasteiger partial charge on any atom is -0.497 e. The zero-order valence-corrected chi connectivity index (χ0v) is 18.3. The van der Waals surface area contributed by atoms with E-state index in [0.717, 1.165) is 28.2 Å². The average Bonchev–Trinajstić information content (AvgIpc) is 2.83. The van der Waals surface area contributed by atoms with Gasteiger partial charge in [0, 0.05) is 23.9 Å². The second kappa shape index (κ2) is 9.01. The van der Waals surface area contributed by atoms with Gasteiger partial charge in [-0.1, -0.05) is 6.07 Å². The molecule has 1 heterocycles. The molecule has 0 amide bonds. The van der Waals surface area contributed by atoms with Crippen molar-refractivity contribution in [1.82, 2.24) is 9.55 Å². The SMILES string of the molecule is COc1ccc(OC)c(CCn2cnc3ccc(-c4ccc(N)cc4OC)cc3c2=O)c1. The predicted octanol–water partition coefficient (Wildman–Crippen LogP) is 3.91. The van der Waals surface area contributed by atoms with Crippen molar-refractivity contribution in [2.24, 2.45) is 0 Å². The molecule has 0 aliphatic carbocycles. The fraction of sp³-hybridized carbons (Fsp3) is 0.200. The van der Waals surface area contributed by atoms with Crippen LogP contribution in [0, 0.1) is 0 Å². The first-order chi connectivity index (χ1) is 15.5. The molecule has 0 fully saturated rings. The zero-order valence-electron chi connectivity index (χ0n) is 18.3. The first-order valence-electron chi connectivity index (χ1n) is 10.2. The Balaban J connectivity index is 1.69. The van der Waals surface area contributed by atoms with Crippen molar-refractivity contribution >= 4 is 16.6 Å².